The molecule has 2 saturated carbocycles. The Morgan fingerprint density at radius 3 is 2.45 bits per heavy atom. The molecule has 0 heterocycles. The van der Waals surface area contributed by atoms with Crippen LogP contribution in [0.1, 0.15) is 100 Å². The molecule has 0 saturated heterocycles. The number of nitrogens with one attached hydrogen (secondary N) is 1. The van der Waals surface area contributed by atoms with Crippen molar-refractivity contribution in [1.29, 1.82) is 0 Å². The Hall–Kier alpha value is -2.48. The molecule has 270 valence electrons. The molecular formula is C40H56Cl2N2O5. The Morgan fingerprint density at radius 2 is 1.73 bits per heavy atom. The summed E-state index contributed by atoms with van der Waals surface area (Å²) < 4.78 is 5.39. The van der Waals surface area contributed by atoms with E-state index in [9.17, 15) is 19.8 Å². The van der Waals surface area contributed by atoms with Crippen molar-refractivity contribution in [2.45, 2.75) is 102 Å². The second kappa shape index (κ2) is 17.2. The minimum atomic E-state index is -0.874. The number of benzene rings is 2. The van der Waals surface area contributed by atoms with Crippen LogP contribution in [-0.2, 0) is 27.2 Å². The Labute approximate surface area is 303 Å². The molecule has 2 fully saturated rings. The number of carbonyl (C=O) groups is 2. The van der Waals surface area contributed by atoms with Crippen LogP contribution in [0.25, 0.3) is 0 Å². The minimum Gasteiger partial charge on any atom is -0.508 e. The fourth-order valence-corrected chi connectivity index (χ4v) is 10.1. The van der Waals surface area contributed by atoms with Crippen LogP contribution >= 0.6 is 23.2 Å². The number of hydrogen-bond donors (Lipinski definition) is 3. The molecule has 0 spiro atoms. The quantitative estimate of drug-likeness (QED) is 0.0881. The summed E-state index contributed by atoms with van der Waals surface area (Å²) in [6, 6.07) is 14.2. The molecular weight excluding hydrogens is 659 g/mol. The highest BCUT2D eigenvalue weighted by atomic mass is 35.5. The van der Waals surface area contributed by atoms with Crippen LogP contribution in [-0.4, -0.2) is 66.7 Å². The Kier molecular flexibility index (Phi) is 13.2. The number of phenols is 1. The molecule has 6 atom stereocenters. The number of aliphatic hydroxyl groups excluding tert-OH is 1. The first-order valence-corrected chi connectivity index (χ1v) is 19.5. The highest BCUT2D eigenvalue weighted by Gasteiger charge is 2.66. The van der Waals surface area contributed by atoms with Gasteiger partial charge in [0.1, 0.15) is 5.75 Å². The number of amides is 1. The Bertz CT molecular complexity index is 1400. The normalized spacial score (nSPS) is 27.1. The van der Waals surface area contributed by atoms with E-state index in [2.05, 4.69) is 47.5 Å². The topological polar surface area (TPSA) is 99.1 Å². The van der Waals surface area contributed by atoms with Gasteiger partial charge in [0.05, 0.1) is 18.6 Å². The number of aliphatic hydroxyl groups is 1. The van der Waals surface area contributed by atoms with Gasteiger partial charge in [0, 0.05) is 43.5 Å². The number of unbranched alkanes of at least 4 members (excludes halogenated alkanes) is 3. The van der Waals surface area contributed by atoms with Gasteiger partial charge in [0.15, 0.2) is 0 Å². The number of anilines is 1. The zero-order valence-electron chi connectivity index (χ0n) is 29.4. The lowest BCUT2D eigenvalue weighted by molar-refractivity contribution is -0.162. The van der Waals surface area contributed by atoms with Crippen molar-refractivity contribution in [3.8, 4) is 5.75 Å². The lowest BCUT2D eigenvalue weighted by Crippen LogP contribution is -2.48. The van der Waals surface area contributed by atoms with Crippen molar-refractivity contribution in [3.63, 3.8) is 0 Å². The van der Waals surface area contributed by atoms with Gasteiger partial charge in [0.2, 0.25) is 5.91 Å². The van der Waals surface area contributed by atoms with Gasteiger partial charge in [0.25, 0.3) is 0 Å². The van der Waals surface area contributed by atoms with Crippen LogP contribution in [0.5, 0.6) is 5.75 Å². The van der Waals surface area contributed by atoms with Gasteiger partial charge < -0.3 is 25.2 Å². The third kappa shape index (κ3) is 8.37. The molecule has 1 amide bonds. The molecule has 2 aromatic rings. The smallest absolute Gasteiger partial charge is 0.314 e. The predicted octanol–water partition coefficient (Wildman–Crippen LogP) is 7.75. The molecule has 0 bridgehead atoms. The molecule has 0 aromatic heterocycles. The summed E-state index contributed by atoms with van der Waals surface area (Å²) in [5.74, 6) is 2.33. The van der Waals surface area contributed by atoms with Crippen LogP contribution in [0.2, 0.25) is 0 Å². The van der Waals surface area contributed by atoms with Crippen molar-refractivity contribution < 1.29 is 24.5 Å². The molecule has 9 heteroatoms. The summed E-state index contributed by atoms with van der Waals surface area (Å²) >= 11 is 11.9. The second-order valence-electron chi connectivity index (χ2n) is 15.0. The van der Waals surface area contributed by atoms with Crippen molar-refractivity contribution in [2.24, 2.45) is 22.7 Å². The summed E-state index contributed by atoms with van der Waals surface area (Å²) in [6.45, 7) is 4.37. The highest BCUT2D eigenvalue weighted by Crippen LogP contribution is 2.66. The highest BCUT2D eigenvalue weighted by molar-refractivity contribution is 6.18. The van der Waals surface area contributed by atoms with E-state index in [1.54, 1.807) is 6.07 Å². The van der Waals surface area contributed by atoms with E-state index in [0.29, 0.717) is 55.2 Å². The molecule has 0 radical (unpaired) electrons. The van der Waals surface area contributed by atoms with Crippen molar-refractivity contribution in [2.75, 3.05) is 43.4 Å². The number of phenolic OH excluding ortho intramolecular Hbond substituents is 1. The van der Waals surface area contributed by atoms with Gasteiger partial charge in [-0.15, -0.1) is 23.2 Å². The Morgan fingerprint density at radius 1 is 1.00 bits per heavy atom. The average molecular weight is 716 g/mol. The maximum absolute atomic E-state index is 13.5. The minimum absolute atomic E-state index is 0.0852. The van der Waals surface area contributed by atoms with E-state index >= 15 is 0 Å². The van der Waals surface area contributed by atoms with Gasteiger partial charge in [-0.2, -0.15) is 0 Å². The summed E-state index contributed by atoms with van der Waals surface area (Å²) in [7, 11) is 1.45. The molecule has 5 rings (SSSR count). The van der Waals surface area contributed by atoms with E-state index in [-0.39, 0.29) is 23.2 Å². The zero-order chi connectivity index (χ0) is 35.0. The lowest BCUT2D eigenvalue weighted by Gasteiger charge is -2.50. The zero-order valence-corrected chi connectivity index (χ0v) is 30.9. The molecule has 2 aromatic carbocycles. The van der Waals surface area contributed by atoms with Gasteiger partial charge in [-0.3, -0.25) is 9.59 Å². The number of aryl methyl sites for hydroxylation is 2. The summed E-state index contributed by atoms with van der Waals surface area (Å²) in [4.78, 5) is 28.1. The second-order valence-corrected chi connectivity index (χ2v) is 15.8. The maximum atomic E-state index is 13.5. The number of alkyl halides is 2. The van der Waals surface area contributed by atoms with E-state index in [1.807, 2.05) is 6.07 Å². The molecule has 7 nitrogen and oxygen atoms in total. The first kappa shape index (κ1) is 37.8. The van der Waals surface area contributed by atoms with E-state index in [0.717, 1.165) is 83.0 Å². The number of methoxy groups -OCH3 is 1. The molecule has 0 aliphatic heterocycles. The standard InChI is InChI=1S/C40H56Cl2N2O5/c1-39-20-18-33-32-17-15-31(45)26-29(32)12-16-34(33)35(39)27-40(37(39)47,38(48)49-2)19-5-3-4-6-23-43-36(46)9-7-8-28-10-13-30(14-11-28)44(24-21-41)25-22-42/h10-11,13-15,17,26,33-35,37,45,47H,3-9,12,16,18-25,27H2,1-2H3,(H,43,46)/t33-,34-,35+,37-,39+,40+/m1/s1. The molecule has 49 heavy (non-hydrogen) atoms. The Balaban J connectivity index is 1.04. The van der Waals surface area contributed by atoms with Gasteiger partial charge in [-0.25, -0.2) is 0 Å². The number of esters is 1. The monoisotopic (exact) mass is 714 g/mol. The first-order valence-electron chi connectivity index (χ1n) is 18.5. The van der Waals surface area contributed by atoms with Crippen molar-refractivity contribution in [3.05, 3.63) is 59.2 Å². The number of rotatable bonds is 17. The number of fused-ring (bicyclic) bond motifs is 5. The third-order valence-corrected chi connectivity index (χ3v) is 12.6. The van der Waals surface area contributed by atoms with Crippen LogP contribution in [0.3, 0.4) is 0 Å². The van der Waals surface area contributed by atoms with Gasteiger partial charge >= 0.3 is 5.97 Å². The SMILES string of the molecule is COC(=O)[C@@]1(CCCCCCNC(=O)CCCc2ccc(N(CCCl)CCCl)cc2)C[C@H]2[C@@H]3CCc4cc(O)ccc4[C@H]3CC[C@]2(C)[C@H]1O. The number of ether oxygens (including phenoxy) is 1. The van der Waals surface area contributed by atoms with E-state index < -0.39 is 11.5 Å². The number of halogens is 2. The van der Waals surface area contributed by atoms with Crippen molar-refractivity contribution in [1.82, 2.24) is 5.32 Å². The maximum Gasteiger partial charge on any atom is 0.314 e. The van der Waals surface area contributed by atoms with Crippen LogP contribution < -0.4 is 10.2 Å². The fourth-order valence-electron chi connectivity index (χ4n) is 9.65. The summed E-state index contributed by atoms with van der Waals surface area (Å²) in [5, 5.41) is 25.1. The van der Waals surface area contributed by atoms with Gasteiger partial charge in [-0.05, 0) is 122 Å². The largest absolute Gasteiger partial charge is 0.508 e. The predicted molar refractivity (Wildman–Crippen MR) is 198 cm³/mol. The van der Waals surface area contributed by atoms with Gasteiger partial charge in [-0.1, -0.05) is 44.4 Å². The fraction of sp³-hybridized carbons (Fsp3) is 0.650. The number of hydrogen-bond acceptors (Lipinski definition) is 6. The first-order chi connectivity index (χ1) is 23.7. The van der Waals surface area contributed by atoms with Crippen LogP contribution in [0, 0.1) is 22.7 Å². The van der Waals surface area contributed by atoms with Crippen LogP contribution in [0.4, 0.5) is 5.69 Å². The van der Waals surface area contributed by atoms with Crippen molar-refractivity contribution >= 4 is 40.8 Å². The number of carbonyl (C=O) groups excluding carboxylic acids is 2. The number of aromatic hydroxyl groups is 1. The molecule has 3 aliphatic carbocycles. The lowest BCUT2D eigenvalue weighted by atomic mass is 9.55. The molecule has 3 N–H and O–H groups in total. The molecule has 0 unspecified atom stereocenters. The van der Waals surface area contributed by atoms with Crippen LogP contribution in [0.15, 0.2) is 42.5 Å². The number of nitrogens with zero attached hydrogens (tertiary/aromatic N) is 1. The summed E-state index contributed by atoms with van der Waals surface area (Å²) in [5.41, 5.74) is 3.72. The molecule has 3 aliphatic rings. The average Bonchev–Trinajstić information content (AvgIpc) is 3.34. The third-order valence-electron chi connectivity index (χ3n) is 12.2. The van der Waals surface area contributed by atoms with E-state index in [4.69, 9.17) is 27.9 Å². The summed E-state index contributed by atoms with van der Waals surface area (Å²) in [6.07, 6.45) is 10.2. The van der Waals surface area contributed by atoms with E-state index in [1.165, 1.54) is 23.8 Å².